The first-order valence-corrected chi connectivity index (χ1v) is 6.98. The Morgan fingerprint density at radius 3 is 3.10 bits per heavy atom. The van der Waals surface area contributed by atoms with Gasteiger partial charge in [0.2, 0.25) is 0 Å². The summed E-state index contributed by atoms with van der Waals surface area (Å²) >= 11 is 0. The molecule has 20 heavy (non-hydrogen) atoms. The lowest BCUT2D eigenvalue weighted by molar-refractivity contribution is -0.141. The van der Waals surface area contributed by atoms with Crippen LogP contribution in [0.3, 0.4) is 0 Å². The summed E-state index contributed by atoms with van der Waals surface area (Å²) in [7, 11) is 0. The van der Waals surface area contributed by atoms with Gasteiger partial charge in [0.25, 0.3) is 0 Å². The van der Waals surface area contributed by atoms with E-state index in [0.717, 1.165) is 24.4 Å². The van der Waals surface area contributed by atoms with Crippen LogP contribution in [0.15, 0.2) is 30.5 Å². The third-order valence-electron chi connectivity index (χ3n) is 3.90. The highest BCUT2D eigenvalue weighted by atomic mass is 16.4. The molecule has 1 unspecified atom stereocenters. The maximum Gasteiger partial charge on any atom is 0.326 e. The second-order valence-electron chi connectivity index (χ2n) is 5.45. The number of rotatable bonds is 3. The fourth-order valence-electron chi connectivity index (χ4n) is 2.98. The Balaban J connectivity index is 1.95. The standard InChI is InChI=1S/C16H18N2O2/c1-11-4-2-5-12(8-11)9-15-17-10-13-6-3-7-14(16(19)20)18(13)15/h2,4-5,8,10,14H,3,6-7,9H2,1H3,(H,19,20). The van der Waals surface area contributed by atoms with Crippen molar-refractivity contribution in [2.45, 2.75) is 38.6 Å². The molecule has 1 aromatic heterocycles. The molecule has 0 bridgehead atoms. The van der Waals surface area contributed by atoms with Crippen LogP contribution in [0, 0.1) is 6.92 Å². The molecule has 0 amide bonds. The molecule has 0 radical (unpaired) electrons. The number of aromatic nitrogens is 2. The third kappa shape index (κ3) is 2.33. The molecule has 0 saturated heterocycles. The summed E-state index contributed by atoms with van der Waals surface area (Å²) in [5, 5.41) is 9.39. The molecule has 3 rings (SSSR count). The molecule has 1 N–H and O–H groups in total. The van der Waals surface area contributed by atoms with Crippen molar-refractivity contribution >= 4 is 5.97 Å². The number of imidazole rings is 1. The van der Waals surface area contributed by atoms with E-state index in [1.807, 2.05) is 16.8 Å². The lowest BCUT2D eigenvalue weighted by Crippen LogP contribution is -2.26. The number of carboxylic acid groups (broad SMARTS) is 1. The molecule has 0 saturated carbocycles. The van der Waals surface area contributed by atoms with E-state index in [-0.39, 0.29) is 0 Å². The fraction of sp³-hybridized carbons (Fsp3) is 0.375. The molecule has 1 aromatic carbocycles. The van der Waals surface area contributed by atoms with Gasteiger partial charge in [0.15, 0.2) is 0 Å². The summed E-state index contributed by atoms with van der Waals surface area (Å²) in [6, 6.07) is 7.82. The van der Waals surface area contributed by atoms with E-state index in [9.17, 15) is 9.90 Å². The van der Waals surface area contributed by atoms with Crippen molar-refractivity contribution in [3.8, 4) is 0 Å². The first-order valence-electron chi connectivity index (χ1n) is 6.98. The Hall–Kier alpha value is -2.10. The number of aliphatic carboxylic acids is 1. The van der Waals surface area contributed by atoms with E-state index >= 15 is 0 Å². The predicted molar refractivity (Wildman–Crippen MR) is 75.8 cm³/mol. The van der Waals surface area contributed by atoms with Gasteiger partial charge in [-0.05, 0) is 31.7 Å². The summed E-state index contributed by atoms with van der Waals surface area (Å²) in [5.74, 6) is 0.104. The van der Waals surface area contributed by atoms with Gasteiger partial charge in [0.1, 0.15) is 11.9 Å². The topological polar surface area (TPSA) is 55.1 Å². The Labute approximate surface area is 118 Å². The van der Waals surface area contributed by atoms with Crippen molar-refractivity contribution < 1.29 is 9.90 Å². The molecule has 1 atom stereocenters. The van der Waals surface area contributed by atoms with Crippen molar-refractivity contribution in [3.63, 3.8) is 0 Å². The molecular formula is C16H18N2O2. The molecular weight excluding hydrogens is 252 g/mol. The van der Waals surface area contributed by atoms with Crippen LogP contribution in [0.5, 0.6) is 0 Å². The van der Waals surface area contributed by atoms with E-state index in [2.05, 4.69) is 30.1 Å². The first-order chi connectivity index (χ1) is 9.65. The highest BCUT2D eigenvalue weighted by Gasteiger charge is 2.28. The van der Waals surface area contributed by atoms with Gasteiger partial charge in [-0.1, -0.05) is 29.8 Å². The smallest absolute Gasteiger partial charge is 0.326 e. The minimum absolute atomic E-state index is 0.457. The molecule has 2 aromatic rings. The van der Waals surface area contributed by atoms with Crippen LogP contribution < -0.4 is 0 Å². The van der Waals surface area contributed by atoms with Crippen LogP contribution in [0.1, 0.15) is 41.5 Å². The van der Waals surface area contributed by atoms with Crippen LogP contribution in [0.2, 0.25) is 0 Å². The third-order valence-corrected chi connectivity index (χ3v) is 3.90. The minimum Gasteiger partial charge on any atom is -0.480 e. The van der Waals surface area contributed by atoms with Gasteiger partial charge >= 0.3 is 5.97 Å². The van der Waals surface area contributed by atoms with Gasteiger partial charge in [0.05, 0.1) is 0 Å². The average Bonchev–Trinajstić information content (AvgIpc) is 2.82. The molecule has 0 aliphatic carbocycles. The van der Waals surface area contributed by atoms with Gasteiger partial charge in [-0.25, -0.2) is 9.78 Å². The normalized spacial score (nSPS) is 17.8. The number of aryl methyl sites for hydroxylation is 2. The Morgan fingerprint density at radius 2 is 2.35 bits per heavy atom. The lowest BCUT2D eigenvalue weighted by Gasteiger charge is -2.24. The summed E-state index contributed by atoms with van der Waals surface area (Å²) in [5.41, 5.74) is 3.43. The van der Waals surface area contributed by atoms with E-state index in [1.165, 1.54) is 11.1 Å². The summed E-state index contributed by atoms with van der Waals surface area (Å²) in [6.07, 6.45) is 5.06. The molecule has 0 fully saturated rings. The van der Waals surface area contributed by atoms with Gasteiger partial charge < -0.3 is 9.67 Å². The minimum atomic E-state index is -0.755. The fourth-order valence-corrected chi connectivity index (χ4v) is 2.98. The van der Waals surface area contributed by atoms with Crippen molar-refractivity contribution in [1.82, 2.24) is 9.55 Å². The SMILES string of the molecule is Cc1cccc(Cc2ncc3n2C(C(=O)O)CCC3)c1. The number of nitrogens with zero attached hydrogens (tertiary/aromatic N) is 2. The van der Waals surface area contributed by atoms with Gasteiger partial charge in [-0.15, -0.1) is 0 Å². The Morgan fingerprint density at radius 1 is 1.50 bits per heavy atom. The van der Waals surface area contributed by atoms with Gasteiger partial charge in [-0.2, -0.15) is 0 Å². The number of carboxylic acids is 1. The Kier molecular flexibility index (Phi) is 3.30. The largest absolute Gasteiger partial charge is 0.480 e. The van der Waals surface area contributed by atoms with E-state index in [4.69, 9.17) is 0 Å². The van der Waals surface area contributed by atoms with Crippen molar-refractivity contribution in [3.05, 3.63) is 53.1 Å². The number of benzene rings is 1. The number of carbonyl (C=O) groups is 1. The van der Waals surface area contributed by atoms with Gasteiger partial charge in [0, 0.05) is 18.3 Å². The first kappa shape index (κ1) is 12.9. The summed E-state index contributed by atoms with van der Waals surface area (Å²) in [4.78, 5) is 15.9. The van der Waals surface area contributed by atoms with Crippen LogP contribution in [-0.4, -0.2) is 20.6 Å². The quantitative estimate of drug-likeness (QED) is 0.933. The molecule has 1 aliphatic rings. The van der Waals surface area contributed by atoms with Crippen LogP contribution in [-0.2, 0) is 17.6 Å². The van der Waals surface area contributed by atoms with Crippen LogP contribution >= 0.6 is 0 Å². The van der Waals surface area contributed by atoms with Crippen LogP contribution in [0.4, 0.5) is 0 Å². The molecule has 4 nitrogen and oxygen atoms in total. The summed E-state index contributed by atoms with van der Waals surface area (Å²) < 4.78 is 1.92. The molecule has 4 heteroatoms. The van der Waals surface area contributed by atoms with E-state index < -0.39 is 12.0 Å². The lowest BCUT2D eigenvalue weighted by atomic mass is 10.0. The number of fused-ring (bicyclic) bond motifs is 1. The zero-order valence-electron chi connectivity index (χ0n) is 11.5. The Bertz CT molecular complexity index is 646. The van der Waals surface area contributed by atoms with E-state index in [1.54, 1.807) is 0 Å². The van der Waals surface area contributed by atoms with Crippen LogP contribution in [0.25, 0.3) is 0 Å². The molecule has 104 valence electrons. The zero-order chi connectivity index (χ0) is 14.1. The monoisotopic (exact) mass is 270 g/mol. The number of hydrogen-bond donors (Lipinski definition) is 1. The van der Waals surface area contributed by atoms with E-state index in [0.29, 0.717) is 12.8 Å². The zero-order valence-corrected chi connectivity index (χ0v) is 11.5. The van der Waals surface area contributed by atoms with Crippen molar-refractivity contribution in [1.29, 1.82) is 0 Å². The second-order valence-corrected chi connectivity index (χ2v) is 5.45. The average molecular weight is 270 g/mol. The van der Waals surface area contributed by atoms with Crippen molar-refractivity contribution in [2.75, 3.05) is 0 Å². The molecule has 2 heterocycles. The molecule has 1 aliphatic heterocycles. The number of hydrogen-bond acceptors (Lipinski definition) is 2. The predicted octanol–water partition coefficient (Wildman–Crippen LogP) is 2.74. The van der Waals surface area contributed by atoms with Crippen molar-refractivity contribution in [2.24, 2.45) is 0 Å². The maximum atomic E-state index is 11.4. The van der Waals surface area contributed by atoms with Gasteiger partial charge in [-0.3, -0.25) is 0 Å². The second kappa shape index (κ2) is 5.12. The summed E-state index contributed by atoms with van der Waals surface area (Å²) in [6.45, 7) is 2.06. The maximum absolute atomic E-state index is 11.4. The highest BCUT2D eigenvalue weighted by molar-refractivity contribution is 5.72. The highest BCUT2D eigenvalue weighted by Crippen LogP contribution is 2.27. The molecule has 0 spiro atoms.